The number of H-pyrrole nitrogens is 1. The lowest BCUT2D eigenvalue weighted by molar-refractivity contribution is 0.0697. The molecule has 1 aromatic heterocycles. The number of aromatic carboxylic acids is 1. The van der Waals surface area contributed by atoms with Crippen LogP contribution in [0.15, 0.2) is 53.3 Å². The molecule has 3 aromatic rings. The summed E-state index contributed by atoms with van der Waals surface area (Å²) >= 11 is 0. The molecule has 2 aromatic carbocycles. The molecule has 98 valence electrons. The molecule has 5 heteroatoms. The molecule has 2 N–H and O–H groups in total. The zero-order valence-corrected chi connectivity index (χ0v) is 10.3. The number of benzene rings is 2. The maximum atomic E-state index is 12.0. The van der Waals surface area contributed by atoms with Gasteiger partial charge < -0.3 is 10.1 Å². The van der Waals surface area contributed by atoms with Crippen LogP contribution >= 0.6 is 0 Å². The van der Waals surface area contributed by atoms with Crippen LogP contribution < -0.4 is 5.56 Å². The van der Waals surface area contributed by atoms with Crippen molar-refractivity contribution in [3.8, 4) is 11.4 Å². The number of carbonyl (C=O) groups is 1. The molecule has 0 radical (unpaired) electrons. The van der Waals surface area contributed by atoms with Gasteiger partial charge in [0.2, 0.25) is 0 Å². The van der Waals surface area contributed by atoms with E-state index in [1.54, 1.807) is 0 Å². The average molecular weight is 266 g/mol. The van der Waals surface area contributed by atoms with Gasteiger partial charge in [-0.15, -0.1) is 0 Å². The normalized spacial score (nSPS) is 10.6. The maximum absolute atomic E-state index is 12.0. The number of aromatic amines is 1. The monoisotopic (exact) mass is 266 g/mol. The standard InChI is InChI=1S/C15H10N2O3/c18-14-11-7-6-10(15(19)20)8-12(11)16-13(17-14)9-4-2-1-3-5-9/h1-8H,(H,19,20)(H,16,17,18). The summed E-state index contributed by atoms with van der Waals surface area (Å²) in [6.45, 7) is 0. The molecule has 0 amide bonds. The minimum absolute atomic E-state index is 0.106. The van der Waals surface area contributed by atoms with Gasteiger partial charge in [-0.3, -0.25) is 4.79 Å². The summed E-state index contributed by atoms with van der Waals surface area (Å²) in [5, 5.41) is 9.36. The van der Waals surface area contributed by atoms with Crippen LogP contribution in [0.4, 0.5) is 0 Å². The second-order valence-electron chi connectivity index (χ2n) is 4.32. The third-order valence-electron chi connectivity index (χ3n) is 3.00. The van der Waals surface area contributed by atoms with E-state index in [-0.39, 0.29) is 11.1 Å². The summed E-state index contributed by atoms with van der Waals surface area (Å²) in [7, 11) is 0. The second kappa shape index (κ2) is 4.62. The average Bonchev–Trinajstić information content (AvgIpc) is 2.47. The number of carboxylic acids is 1. The van der Waals surface area contributed by atoms with E-state index in [9.17, 15) is 9.59 Å². The van der Waals surface area contributed by atoms with Gasteiger partial charge in [-0.1, -0.05) is 30.3 Å². The lowest BCUT2D eigenvalue weighted by Crippen LogP contribution is -2.10. The first-order valence-electron chi connectivity index (χ1n) is 5.98. The lowest BCUT2D eigenvalue weighted by atomic mass is 10.1. The number of nitrogens with zero attached hydrogens (tertiary/aromatic N) is 1. The Balaban J connectivity index is 2.27. The Bertz CT molecular complexity index is 854. The molecule has 0 spiro atoms. The van der Waals surface area contributed by atoms with E-state index < -0.39 is 5.97 Å². The predicted octanol–water partition coefficient (Wildman–Crippen LogP) is 2.29. The van der Waals surface area contributed by atoms with Crippen molar-refractivity contribution in [2.24, 2.45) is 0 Å². The Morgan fingerprint density at radius 2 is 1.85 bits per heavy atom. The number of rotatable bonds is 2. The fourth-order valence-corrected chi connectivity index (χ4v) is 2.01. The molecule has 5 nitrogen and oxygen atoms in total. The number of fused-ring (bicyclic) bond motifs is 1. The van der Waals surface area contributed by atoms with E-state index in [2.05, 4.69) is 9.97 Å². The van der Waals surface area contributed by atoms with Crippen LogP contribution in [-0.2, 0) is 0 Å². The van der Waals surface area contributed by atoms with Gasteiger partial charge in [-0.2, -0.15) is 0 Å². The van der Waals surface area contributed by atoms with Crippen molar-refractivity contribution in [2.45, 2.75) is 0 Å². The minimum Gasteiger partial charge on any atom is -0.478 e. The third kappa shape index (κ3) is 2.05. The molecular formula is C15H10N2O3. The smallest absolute Gasteiger partial charge is 0.335 e. The van der Waals surface area contributed by atoms with Crippen LogP contribution in [-0.4, -0.2) is 21.0 Å². The van der Waals surface area contributed by atoms with Gasteiger partial charge in [-0.25, -0.2) is 9.78 Å². The largest absolute Gasteiger partial charge is 0.478 e. The van der Waals surface area contributed by atoms with Crippen molar-refractivity contribution in [2.75, 3.05) is 0 Å². The quantitative estimate of drug-likeness (QED) is 0.745. The summed E-state index contributed by atoms with van der Waals surface area (Å²) in [6, 6.07) is 13.5. The van der Waals surface area contributed by atoms with Crippen LogP contribution in [0.5, 0.6) is 0 Å². The van der Waals surface area contributed by atoms with Crippen molar-refractivity contribution in [1.29, 1.82) is 0 Å². The van der Waals surface area contributed by atoms with E-state index in [1.807, 2.05) is 30.3 Å². The van der Waals surface area contributed by atoms with Crippen LogP contribution in [0.1, 0.15) is 10.4 Å². The molecule has 0 unspecified atom stereocenters. The summed E-state index contributed by atoms with van der Waals surface area (Å²) < 4.78 is 0. The number of hydrogen-bond donors (Lipinski definition) is 2. The molecule has 0 aliphatic rings. The van der Waals surface area contributed by atoms with Crippen molar-refractivity contribution in [1.82, 2.24) is 9.97 Å². The van der Waals surface area contributed by atoms with Gasteiger partial charge in [0.25, 0.3) is 5.56 Å². The Morgan fingerprint density at radius 1 is 1.10 bits per heavy atom. The number of carboxylic acid groups (broad SMARTS) is 1. The van der Waals surface area contributed by atoms with Crippen molar-refractivity contribution in [3.63, 3.8) is 0 Å². The van der Waals surface area contributed by atoms with Gasteiger partial charge in [-0.05, 0) is 18.2 Å². The highest BCUT2D eigenvalue weighted by molar-refractivity contribution is 5.93. The SMILES string of the molecule is O=C(O)c1ccc2c(=O)[nH]c(-c3ccccc3)nc2c1. The molecule has 3 rings (SSSR count). The Hall–Kier alpha value is -2.95. The summed E-state index contributed by atoms with van der Waals surface area (Å²) in [5.74, 6) is -0.624. The van der Waals surface area contributed by atoms with E-state index >= 15 is 0 Å². The molecular weight excluding hydrogens is 256 g/mol. The Kier molecular flexibility index (Phi) is 2.80. The van der Waals surface area contributed by atoms with E-state index in [0.29, 0.717) is 16.7 Å². The fraction of sp³-hybridized carbons (Fsp3) is 0. The summed E-state index contributed by atoms with van der Waals surface area (Å²) in [6.07, 6.45) is 0. The molecule has 0 atom stereocenters. The first-order valence-corrected chi connectivity index (χ1v) is 5.98. The first-order chi connectivity index (χ1) is 9.65. The number of nitrogens with one attached hydrogen (secondary N) is 1. The third-order valence-corrected chi connectivity index (χ3v) is 3.00. The number of aromatic nitrogens is 2. The van der Waals surface area contributed by atoms with Crippen molar-refractivity contribution >= 4 is 16.9 Å². The molecule has 0 aliphatic carbocycles. The lowest BCUT2D eigenvalue weighted by Gasteiger charge is -2.03. The van der Waals surface area contributed by atoms with Gasteiger partial charge in [0, 0.05) is 5.56 Å². The van der Waals surface area contributed by atoms with Crippen molar-refractivity contribution in [3.05, 3.63) is 64.4 Å². The van der Waals surface area contributed by atoms with E-state index in [1.165, 1.54) is 18.2 Å². The van der Waals surface area contributed by atoms with E-state index in [0.717, 1.165) is 5.56 Å². The van der Waals surface area contributed by atoms with Gasteiger partial charge in [0.1, 0.15) is 5.82 Å². The van der Waals surface area contributed by atoms with E-state index in [4.69, 9.17) is 5.11 Å². The highest BCUT2D eigenvalue weighted by atomic mass is 16.4. The maximum Gasteiger partial charge on any atom is 0.335 e. The summed E-state index contributed by atoms with van der Waals surface area (Å²) in [4.78, 5) is 30.0. The second-order valence-corrected chi connectivity index (χ2v) is 4.32. The predicted molar refractivity (Wildman–Crippen MR) is 74.8 cm³/mol. The Morgan fingerprint density at radius 3 is 2.55 bits per heavy atom. The topological polar surface area (TPSA) is 83.0 Å². The first kappa shape index (κ1) is 12.1. The van der Waals surface area contributed by atoms with Gasteiger partial charge in [0.05, 0.1) is 16.5 Å². The van der Waals surface area contributed by atoms with Gasteiger partial charge >= 0.3 is 5.97 Å². The molecule has 0 fully saturated rings. The molecule has 20 heavy (non-hydrogen) atoms. The van der Waals surface area contributed by atoms with Crippen LogP contribution in [0, 0.1) is 0 Å². The Labute approximate surface area is 113 Å². The zero-order valence-electron chi connectivity index (χ0n) is 10.3. The molecule has 0 saturated heterocycles. The highest BCUT2D eigenvalue weighted by Gasteiger charge is 2.09. The minimum atomic E-state index is -1.05. The van der Waals surface area contributed by atoms with Crippen molar-refractivity contribution < 1.29 is 9.90 Å². The molecule has 0 saturated carbocycles. The van der Waals surface area contributed by atoms with Gasteiger partial charge in [0.15, 0.2) is 0 Å². The molecule has 0 aliphatic heterocycles. The molecule has 0 bridgehead atoms. The zero-order chi connectivity index (χ0) is 14.1. The van der Waals surface area contributed by atoms with Crippen LogP contribution in [0.3, 0.4) is 0 Å². The number of hydrogen-bond acceptors (Lipinski definition) is 3. The van der Waals surface area contributed by atoms with Crippen LogP contribution in [0.2, 0.25) is 0 Å². The fourth-order valence-electron chi connectivity index (χ4n) is 2.01. The molecule has 1 heterocycles. The highest BCUT2D eigenvalue weighted by Crippen LogP contribution is 2.16. The summed E-state index contributed by atoms with van der Waals surface area (Å²) in [5.41, 5.74) is 0.958. The van der Waals surface area contributed by atoms with Crippen LogP contribution in [0.25, 0.3) is 22.3 Å².